The molecule has 1 saturated heterocycles. The van der Waals surface area contributed by atoms with Crippen LogP contribution in [0.3, 0.4) is 0 Å². The van der Waals surface area contributed by atoms with Crippen molar-refractivity contribution in [3.63, 3.8) is 0 Å². The molecule has 0 atom stereocenters. The predicted octanol–water partition coefficient (Wildman–Crippen LogP) is 3.09. The zero-order valence-electron chi connectivity index (χ0n) is 18.0. The molecule has 0 bridgehead atoms. The van der Waals surface area contributed by atoms with Gasteiger partial charge in [0.15, 0.2) is 23.1 Å². The quantitative estimate of drug-likeness (QED) is 0.591. The number of rotatable bonds is 10. The van der Waals surface area contributed by atoms with Gasteiger partial charge in [-0.3, -0.25) is 4.90 Å². The molecule has 0 aromatic heterocycles. The minimum Gasteiger partial charge on any atom is -0.497 e. The molecule has 7 heteroatoms. The number of nitrogens with zero attached hydrogens (tertiary/aromatic N) is 2. The van der Waals surface area contributed by atoms with Crippen LogP contribution in [0.4, 0.5) is 4.39 Å². The van der Waals surface area contributed by atoms with Gasteiger partial charge in [0.25, 0.3) is 0 Å². The lowest BCUT2D eigenvalue weighted by Gasteiger charge is -2.34. The fraction of sp³-hybridized carbons (Fsp3) is 0.478. The molecule has 0 aliphatic carbocycles. The van der Waals surface area contributed by atoms with E-state index in [9.17, 15) is 4.39 Å². The highest BCUT2D eigenvalue weighted by Crippen LogP contribution is 2.27. The fourth-order valence-corrected chi connectivity index (χ4v) is 3.57. The number of benzene rings is 2. The van der Waals surface area contributed by atoms with Crippen LogP contribution in [-0.2, 0) is 6.42 Å². The Labute approximate surface area is 178 Å². The maximum atomic E-state index is 13.9. The lowest BCUT2D eigenvalue weighted by Crippen LogP contribution is -2.47. The molecule has 2 aromatic carbocycles. The minimum atomic E-state index is -0.394. The third-order valence-corrected chi connectivity index (χ3v) is 5.43. The molecule has 0 radical (unpaired) electrons. The van der Waals surface area contributed by atoms with E-state index in [2.05, 4.69) is 15.9 Å². The second-order valence-corrected chi connectivity index (χ2v) is 7.27. The summed E-state index contributed by atoms with van der Waals surface area (Å²) in [5, 5.41) is 0. The van der Waals surface area contributed by atoms with E-state index in [0.29, 0.717) is 12.4 Å². The fourth-order valence-electron chi connectivity index (χ4n) is 3.57. The van der Waals surface area contributed by atoms with Crippen LogP contribution < -0.4 is 18.9 Å². The lowest BCUT2D eigenvalue weighted by molar-refractivity contribution is 0.117. The third-order valence-electron chi connectivity index (χ3n) is 5.43. The van der Waals surface area contributed by atoms with E-state index in [1.807, 2.05) is 12.1 Å². The van der Waals surface area contributed by atoms with Crippen LogP contribution in [0.1, 0.15) is 5.56 Å². The molecule has 164 valence electrons. The zero-order valence-corrected chi connectivity index (χ0v) is 18.0. The maximum absolute atomic E-state index is 13.9. The van der Waals surface area contributed by atoms with Crippen LogP contribution in [0, 0.1) is 5.82 Å². The maximum Gasteiger partial charge on any atom is 0.168 e. The Morgan fingerprint density at radius 3 is 2.07 bits per heavy atom. The van der Waals surface area contributed by atoms with E-state index in [4.69, 9.17) is 18.9 Å². The highest BCUT2D eigenvalue weighted by atomic mass is 19.1. The summed E-state index contributed by atoms with van der Waals surface area (Å²) >= 11 is 0. The van der Waals surface area contributed by atoms with Crippen molar-refractivity contribution in [2.75, 3.05) is 67.2 Å². The van der Waals surface area contributed by atoms with E-state index >= 15 is 0 Å². The average Bonchev–Trinajstić information content (AvgIpc) is 2.79. The number of halogens is 1. The highest BCUT2D eigenvalue weighted by molar-refractivity contribution is 5.43. The summed E-state index contributed by atoms with van der Waals surface area (Å²) in [5.41, 5.74) is 1.24. The monoisotopic (exact) mass is 418 g/mol. The predicted molar refractivity (Wildman–Crippen MR) is 115 cm³/mol. The Morgan fingerprint density at radius 2 is 1.43 bits per heavy atom. The van der Waals surface area contributed by atoms with Gasteiger partial charge in [-0.15, -0.1) is 0 Å². The smallest absolute Gasteiger partial charge is 0.168 e. The van der Waals surface area contributed by atoms with Crippen molar-refractivity contribution in [3.8, 4) is 23.0 Å². The molecule has 0 unspecified atom stereocenters. The minimum absolute atomic E-state index is 0.268. The first-order valence-corrected chi connectivity index (χ1v) is 10.2. The summed E-state index contributed by atoms with van der Waals surface area (Å²) < 4.78 is 35.2. The topological polar surface area (TPSA) is 43.4 Å². The zero-order chi connectivity index (χ0) is 21.3. The van der Waals surface area contributed by atoms with Crippen LogP contribution in [-0.4, -0.2) is 77.0 Å². The van der Waals surface area contributed by atoms with Gasteiger partial charge in [0, 0.05) is 45.3 Å². The summed E-state index contributed by atoms with van der Waals surface area (Å²) in [4.78, 5) is 4.82. The first-order chi connectivity index (χ1) is 14.6. The SMILES string of the molecule is COc1ccc(OCCN2CCN(CCc3ccc(OC)c(OC)c3)CC2)c(F)c1. The summed E-state index contributed by atoms with van der Waals surface area (Å²) in [6, 6.07) is 10.7. The molecule has 30 heavy (non-hydrogen) atoms. The first kappa shape index (κ1) is 22.2. The van der Waals surface area contributed by atoms with Gasteiger partial charge < -0.3 is 23.8 Å². The summed E-state index contributed by atoms with van der Waals surface area (Å²) in [7, 11) is 4.83. The average molecular weight is 419 g/mol. The van der Waals surface area contributed by atoms with Gasteiger partial charge in [-0.1, -0.05) is 6.07 Å². The Morgan fingerprint density at radius 1 is 0.767 bits per heavy atom. The van der Waals surface area contributed by atoms with Crippen molar-refractivity contribution < 1.29 is 23.3 Å². The molecule has 6 nitrogen and oxygen atoms in total. The van der Waals surface area contributed by atoms with Crippen LogP contribution >= 0.6 is 0 Å². The molecule has 0 saturated carbocycles. The Hall–Kier alpha value is -2.51. The largest absolute Gasteiger partial charge is 0.497 e. The number of hydrogen-bond donors (Lipinski definition) is 0. The molecular weight excluding hydrogens is 387 g/mol. The van der Waals surface area contributed by atoms with Crippen LogP contribution in [0.15, 0.2) is 36.4 Å². The molecule has 1 aliphatic rings. The number of methoxy groups -OCH3 is 3. The number of ether oxygens (including phenoxy) is 4. The molecule has 1 aliphatic heterocycles. The van der Waals surface area contributed by atoms with Gasteiger partial charge in [-0.05, 0) is 36.2 Å². The second-order valence-electron chi connectivity index (χ2n) is 7.27. The summed E-state index contributed by atoms with van der Waals surface area (Å²) in [6.07, 6.45) is 0.972. The lowest BCUT2D eigenvalue weighted by atomic mass is 10.1. The van der Waals surface area contributed by atoms with E-state index < -0.39 is 5.82 Å². The highest BCUT2D eigenvalue weighted by Gasteiger charge is 2.17. The van der Waals surface area contributed by atoms with Gasteiger partial charge in [0.2, 0.25) is 0 Å². The van der Waals surface area contributed by atoms with Gasteiger partial charge in [-0.25, -0.2) is 4.39 Å². The van der Waals surface area contributed by atoms with E-state index in [-0.39, 0.29) is 5.75 Å². The standard InChI is InChI=1S/C23H31FN2O4/c1-27-19-5-7-21(20(24)17-19)30-15-14-26-12-10-25(11-13-26)9-8-18-4-6-22(28-2)23(16-18)29-3/h4-7,16-17H,8-15H2,1-3H3. The van der Waals surface area contributed by atoms with Crippen molar-refractivity contribution in [2.24, 2.45) is 0 Å². The van der Waals surface area contributed by atoms with E-state index in [0.717, 1.165) is 57.2 Å². The van der Waals surface area contributed by atoms with Crippen molar-refractivity contribution in [3.05, 3.63) is 47.8 Å². The number of piperazine rings is 1. The van der Waals surface area contributed by atoms with Crippen molar-refractivity contribution in [2.45, 2.75) is 6.42 Å². The summed E-state index contributed by atoms with van der Waals surface area (Å²) in [6.45, 7) is 6.27. The second kappa shape index (κ2) is 11.0. The van der Waals surface area contributed by atoms with Crippen molar-refractivity contribution >= 4 is 0 Å². The van der Waals surface area contributed by atoms with Crippen LogP contribution in [0.25, 0.3) is 0 Å². The Bertz CT molecular complexity index is 810. The molecule has 2 aromatic rings. The van der Waals surface area contributed by atoms with Gasteiger partial charge in [-0.2, -0.15) is 0 Å². The molecular formula is C23H31FN2O4. The van der Waals surface area contributed by atoms with E-state index in [1.54, 1.807) is 26.4 Å². The Balaban J connectivity index is 1.37. The van der Waals surface area contributed by atoms with Gasteiger partial charge in [0.1, 0.15) is 12.4 Å². The molecule has 1 heterocycles. The Kier molecular flexibility index (Phi) is 8.16. The molecule has 1 fully saturated rings. The van der Waals surface area contributed by atoms with Crippen LogP contribution in [0.2, 0.25) is 0 Å². The summed E-state index contributed by atoms with van der Waals surface area (Å²) in [5.74, 6) is 1.89. The van der Waals surface area contributed by atoms with E-state index in [1.165, 1.54) is 18.7 Å². The van der Waals surface area contributed by atoms with Gasteiger partial charge >= 0.3 is 0 Å². The molecule has 0 N–H and O–H groups in total. The number of hydrogen-bond acceptors (Lipinski definition) is 6. The van der Waals surface area contributed by atoms with Crippen LogP contribution in [0.5, 0.6) is 23.0 Å². The first-order valence-electron chi connectivity index (χ1n) is 10.2. The molecule has 0 spiro atoms. The third kappa shape index (κ3) is 6.00. The molecule has 0 amide bonds. The van der Waals surface area contributed by atoms with Crippen molar-refractivity contribution in [1.29, 1.82) is 0 Å². The molecule has 3 rings (SSSR count). The van der Waals surface area contributed by atoms with Crippen molar-refractivity contribution in [1.82, 2.24) is 9.80 Å². The normalized spacial score (nSPS) is 15.1. The van der Waals surface area contributed by atoms with Gasteiger partial charge in [0.05, 0.1) is 21.3 Å².